The number of carbonyl (C=O) groups excluding carboxylic acids is 8. The van der Waals surface area contributed by atoms with Gasteiger partial charge in [0.2, 0.25) is 35.4 Å². The number of nitrogens with one attached hydrogen (secondary N) is 4. The highest BCUT2D eigenvalue weighted by Gasteiger charge is 2.38. The minimum atomic E-state index is -1.38. The molecule has 2 heterocycles. The molecular formula is C30H50N8O10S2. The van der Waals surface area contributed by atoms with Gasteiger partial charge in [-0.05, 0) is 25.7 Å². The van der Waals surface area contributed by atoms with E-state index in [1.165, 1.54) is 27.9 Å². The Kier molecular flexibility index (Phi) is 16.3. The molecule has 6 amide bonds. The third kappa shape index (κ3) is 11.5. The third-order valence-electron chi connectivity index (χ3n) is 8.15. The molecule has 50 heavy (non-hydrogen) atoms. The number of ether oxygens (including phenoxy) is 2. The van der Waals surface area contributed by atoms with Gasteiger partial charge in [-0.3, -0.25) is 28.8 Å². The van der Waals surface area contributed by atoms with Crippen molar-refractivity contribution < 1.29 is 47.8 Å². The molecule has 2 rings (SSSR count). The summed E-state index contributed by atoms with van der Waals surface area (Å²) in [5.41, 5.74) is 11.9. The number of fused-ring (bicyclic) bond motifs is 5. The molecule has 0 aromatic rings. The van der Waals surface area contributed by atoms with Gasteiger partial charge >= 0.3 is 11.9 Å². The lowest BCUT2D eigenvalue weighted by Crippen LogP contribution is -2.59. The molecular weight excluding hydrogens is 697 g/mol. The summed E-state index contributed by atoms with van der Waals surface area (Å²) in [6.45, 7) is 8.26. The summed E-state index contributed by atoms with van der Waals surface area (Å²) in [5.74, 6) is -7.24. The van der Waals surface area contributed by atoms with E-state index in [0.29, 0.717) is 0 Å². The summed E-state index contributed by atoms with van der Waals surface area (Å²) in [6, 6.07) is -9.90. The third-order valence-corrected chi connectivity index (χ3v) is 10.5. The average Bonchev–Trinajstić information content (AvgIpc) is 3.05. The van der Waals surface area contributed by atoms with Crippen LogP contribution in [0.2, 0.25) is 0 Å². The lowest BCUT2D eigenvalue weighted by Gasteiger charge is -2.33. The number of likely N-dealkylation sites (N-methyl/N-ethyl adjacent to an activating group) is 2. The highest BCUT2D eigenvalue weighted by atomic mass is 33.1. The van der Waals surface area contributed by atoms with Gasteiger partial charge < -0.3 is 52.0 Å². The first-order valence-corrected chi connectivity index (χ1v) is 18.6. The fourth-order valence-electron chi connectivity index (χ4n) is 4.80. The predicted molar refractivity (Wildman–Crippen MR) is 185 cm³/mol. The average molecular weight is 747 g/mol. The molecule has 0 aromatic heterocycles. The molecule has 0 radical (unpaired) electrons. The Morgan fingerprint density at radius 2 is 0.920 bits per heavy atom. The number of amides is 6. The Morgan fingerprint density at radius 3 is 1.22 bits per heavy atom. The van der Waals surface area contributed by atoms with Crippen LogP contribution in [0.5, 0.6) is 0 Å². The maximum absolute atomic E-state index is 13.8. The van der Waals surface area contributed by atoms with Crippen LogP contribution in [0.1, 0.15) is 41.5 Å². The number of hydrogen-bond donors (Lipinski definition) is 6. The van der Waals surface area contributed by atoms with E-state index >= 15 is 0 Å². The summed E-state index contributed by atoms with van der Waals surface area (Å²) < 4.78 is 10.6. The number of cyclic esters (lactones) is 2. The van der Waals surface area contributed by atoms with Gasteiger partial charge in [-0.25, -0.2) is 9.59 Å². The monoisotopic (exact) mass is 746 g/mol. The number of carbonyl (C=O) groups is 8. The lowest BCUT2D eigenvalue weighted by molar-refractivity contribution is -0.152. The van der Waals surface area contributed by atoms with Gasteiger partial charge in [0.1, 0.15) is 61.5 Å². The van der Waals surface area contributed by atoms with E-state index in [0.717, 1.165) is 31.4 Å². The van der Waals surface area contributed by atoms with Crippen molar-refractivity contribution in [2.24, 2.45) is 23.3 Å². The molecule has 0 aliphatic carbocycles. The van der Waals surface area contributed by atoms with Crippen LogP contribution in [-0.4, -0.2) is 144 Å². The van der Waals surface area contributed by atoms with Crippen molar-refractivity contribution in [1.82, 2.24) is 31.1 Å². The molecule has 2 saturated heterocycles. The largest absolute Gasteiger partial charge is 0.462 e. The summed E-state index contributed by atoms with van der Waals surface area (Å²) in [7, 11) is 4.91. The Morgan fingerprint density at radius 1 is 0.600 bits per heavy atom. The van der Waals surface area contributed by atoms with E-state index in [-0.39, 0.29) is 11.5 Å². The Balaban J connectivity index is 2.65. The molecule has 0 saturated carbocycles. The minimum Gasteiger partial charge on any atom is -0.462 e. The number of hydrogen-bond acceptors (Lipinski definition) is 14. The molecule has 0 aromatic carbocycles. The number of nitrogens with two attached hydrogens (primary N) is 2. The fourth-order valence-corrected chi connectivity index (χ4v) is 7.35. The maximum atomic E-state index is 13.8. The molecule has 0 unspecified atom stereocenters. The van der Waals surface area contributed by atoms with Gasteiger partial charge in [-0.2, -0.15) is 0 Å². The lowest BCUT2D eigenvalue weighted by atomic mass is 10.0. The highest BCUT2D eigenvalue weighted by molar-refractivity contribution is 8.76. The van der Waals surface area contributed by atoms with Crippen molar-refractivity contribution in [3.8, 4) is 0 Å². The van der Waals surface area contributed by atoms with E-state index in [4.69, 9.17) is 20.9 Å². The van der Waals surface area contributed by atoms with Gasteiger partial charge in [0.25, 0.3) is 0 Å². The van der Waals surface area contributed by atoms with E-state index in [9.17, 15) is 38.4 Å². The zero-order valence-electron chi connectivity index (χ0n) is 29.6. The number of rotatable bonds is 2. The van der Waals surface area contributed by atoms with E-state index in [1.54, 1.807) is 27.7 Å². The Labute approximate surface area is 299 Å². The second-order valence-electron chi connectivity index (χ2n) is 12.9. The quantitative estimate of drug-likeness (QED) is 0.122. The number of esters is 2. The van der Waals surface area contributed by atoms with Crippen LogP contribution in [-0.2, 0) is 47.8 Å². The normalized spacial score (nSPS) is 31.3. The van der Waals surface area contributed by atoms with Crippen molar-refractivity contribution in [1.29, 1.82) is 0 Å². The molecule has 2 fully saturated rings. The molecule has 282 valence electrons. The maximum Gasteiger partial charge on any atom is 0.328 e. The zero-order chi connectivity index (χ0) is 38.0. The molecule has 8 N–H and O–H groups in total. The van der Waals surface area contributed by atoms with Crippen LogP contribution in [0.4, 0.5) is 0 Å². The van der Waals surface area contributed by atoms with E-state index in [2.05, 4.69) is 21.3 Å². The highest BCUT2D eigenvalue weighted by Crippen LogP contribution is 2.26. The Bertz CT molecular complexity index is 1210. The van der Waals surface area contributed by atoms with Gasteiger partial charge in [-0.1, -0.05) is 49.3 Å². The summed E-state index contributed by atoms with van der Waals surface area (Å²) in [6.07, 6.45) is 0. The van der Waals surface area contributed by atoms with Gasteiger partial charge in [0, 0.05) is 25.6 Å². The van der Waals surface area contributed by atoms with Crippen molar-refractivity contribution in [2.45, 2.75) is 89.9 Å². The second-order valence-corrected chi connectivity index (χ2v) is 15.4. The first-order chi connectivity index (χ1) is 23.3. The molecule has 0 spiro atoms. The van der Waals surface area contributed by atoms with Crippen LogP contribution in [0.25, 0.3) is 0 Å². The van der Waals surface area contributed by atoms with Crippen molar-refractivity contribution in [3.63, 3.8) is 0 Å². The minimum absolute atomic E-state index is 0.0525. The van der Waals surface area contributed by atoms with E-state index < -0.39 is 121 Å². The number of nitrogens with zero attached hydrogens (tertiary/aromatic N) is 2. The van der Waals surface area contributed by atoms with Gasteiger partial charge in [0.05, 0.1) is 0 Å². The van der Waals surface area contributed by atoms with Crippen molar-refractivity contribution in [3.05, 3.63) is 0 Å². The summed E-state index contributed by atoms with van der Waals surface area (Å²) in [5, 5.41) is 10.2. The predicted octanol–water partition coefficient (Wildman–Crippen LogP) is -2.92. The smallest absolute Gasteiger partial charge is 0.328 e. The first kappa shape index (κ1) is 42.5. The molecule has 2 aliphatic heterocycles. The van der Waals surface area contributed by atoms with Crippen LogP contribution in [0.15, 0.2) is 0 Å². The van der Waals surface area contributed by atoms with Crippen LogP contribution in [0, 0.1) is 11.8 Å². The molecule has 2 aliphatic rings. The summed E-state index contributed by atoms with van der Waals surface area (Å²) >= 11 is 0. The first-order valence-electron chi connectivity index (χ1n) is 16.1. The van der Waals surface area contributed by atoms with Crippen LogP contribution < -0.4 is 32.7 Å². The Hall–Kier alpha value is -3.62. The zero-order valence-corrected chi connectivity index (χ0v) is 31.2. The summed E-state index contributed by atoms with van der Waals surface area (Å²) in [4.78, 5) is 109. The van der Waals surface area contributed by atoms with Gasteiger partial charge in [0.15, 0.2) is 0 Å². The van der Waals surface area contributed by atoms with Crippen molar-refractivity contribution in [2.75, 3.05) is 38.8 Å². The van der Waals surface area contributed by atoms with Crippen LogP contribution in [0.3, 0.4) is 0 Å². The standard InChI is InChI=1S/C30H50N8O10S2/c1-13(2)21-29(45)47-9-17(31)23(39)33-16(6)28(44)38(8)20-12-50-49-11-19(25(41)35-21)37(7)27(43)15(5)34-24(40)18(32)10-48-30(46)22(14(3)4)36-26(20)42/h13-22H,9-12,31-32H2,1-8H3,(H,33,39)(H,34,40)(H,35,41)(H,36,42)/t15-,16-,17+,18+,19-,20-,21-,22-/m0/s1. The second kappa shape index (κ2) is 19.1. The van der Waals surface area contributed by atoms with Crippen LogP contribution >= 0.6 is 21.6 Å². The molecule has 20 heteroatoms. The molecule has 18 nitrogen and oxygen atoms in total. The molecule has 8 atom stereocenters. The molecule has 2 bridgehead atoms. The fraction of sp³-hybridized carbons (Fsp3) is 0.733. The SMILES string of the molecule is CC(C)[C@@H]1NC(=O)[C@@H]2CSSC[C@@H](C(=O)N[C@@H](C(C)C)C(=O)OC[C@@H](N)C(=O)N[C@@H](C)C(=O)N2C)N(C)C(=O)[C@H](C)NC(=O)[C@H](N)COC1=O. The van der Waals surface area contributed by atoms with Gasteiger partial charge in [-0.15, -0.1) is 0 Å². The van der Waals surface area contributed by atoms with Crippen molar-refractivity contribution >= 4 is 69.0 Å². The topological polar surface area (TPSA) is 262 Å². The van der Waals surface area contributed by atoms with E-state index in [1.807, 2.05) is 0 Å².